The molecule has 0 aliphatic rings. The Labute approximate surface area is 105 Å². The Hall–Kier alpha value is -0.380. The Kier molecular flexibility index (Phi) is 5.46. The average molecular weight is 260 g/mol. The van der Waals surface area contributed by atoms with Crippen molar-refractivity contribution in [1.82, 2.24) is 5.32 Å². The Morgan fingerprint density at radius 1 is 1.38 bits per heavy atom. The van der Waals surface area contributed by atoms with Crippen LogP contribution < -0.4 is 5.32 Å². The second-order valence-corrected chi connectivity index (χ2v) is 6.01. The van der Waals surface area contributed by atoms with Crippen molar-refractivity contribution in [3.8, 4) is 0 Å². The summed E-state index contributed by atoms with van der Waals surface area (Å²) in [6, 6.07) is 7.50. The van der Waals surface area contributed by atoms with E-state index in [2.05, 4.69) is 12.2 Å². The van der Waals surface area contributed by atoms with E-state index in [-0.39, 0.29) is 11.3 Å². The van der Waals surface area contributed by atoms with Crippen molar-refractivity contribution in [2.75, 3.05) is 7.05 Å². The van der Waals surface area contributed by atoms with Gasteiger partial charge in [0.2, 0.25) is 0 Å². The van der Waals surface area contributed by atoms with Crippen LogP contribution in [0.15, 0.2) is 29.2 Å². The molecule has 1 N–H and O–H groups in total. The molecule has 0 radical (unpaired) electrons. The Morgan fingerprint density at radius 3 is 2.38 bits per heavy atom. The SMILES string of the molecule is CCC(NC)C(C)S(=O)c1ccc(Cl)cc1. The summed E-state index contributed by atoms with van der Waals surface area (Å²) in [7, 11) is 0.919. The third-order valence-electron chi connectivity index (χ3n) is 2.76. The first-order valence-corrected chi connectivity index (χ1v) is 7.02. The molecule has 0 aliphatic heterocycles. The maximum atomic E-state index is 12.2. The Morgan fingerprint density at radius 2 is 1.94 bits per heavy atom. The molecule has 0 aliphatic carbocycles. The van der Waals surface area contributed by atoms with E-state index in [0.29, 0.717) is 5.02 Å². The minimum Gasteiger partial charge on any atom is -0.316 e. The average Bonchev–Trinajstić information content (AvgIpc) is 2.30. The zero-order valence-electron chi connectivity index (χ0n) is 9.87. The van der Waals surface area contributed by atoms with Gasteiger partial charge in [0, 0.05) is 16.0 Å². The second kappa shape index (κ2) is 6.38. The molecule has 1 aromatic carbocycles. The van der Waals surface area contributed by atoms with Crippen molar-refractivity contribution >= 4 is 22.4 Å². The lowest BCUT2D eigenvalue weighted by Crippen LogP contribution is -2.37. The summed E-state index contributed by atoms with van der Waals surface area (Å²) in [5.41, 5.74) is 0. The molecule has 16 heavy (non-hydrogen) atoms. The molecule has 1 aromatic rings. The van der Waals surface area contributed by atoms with E-state index in [9.17, 15) is 4.21 Å². The zero-order valence-corrected chi connectivity index (χ0v) is 11.4. The van der Waals surface area contributed by atoms with Crippen LogP contribution in [0.4, 0.5) is 0 Å². The van der Waals surface area contributed by atoms with Crippen molar-refractivity contribution in [1.29, 1.82) is 0 Å². The minimum absolute atomic E-state index is 0.0937. The number of hydrogen-bond donors (Lipinski definition) is 1. The highest BCUT2D eigenvalue weighted by Crippen LogP contribution is 2.17. The largest absolute Gasteiger partial charge is 0.316 e. The van der Waals surface area contributed by atoms with Gasteiger partial charge in [-0.3, -0.25) is 4.21 Å². The van der Waals surface area contributed by atoms with Gasteiger partial charge in [-0.05, 0) is 44.7 Å². The standard InChI is InChI=1S/C12H18ClNOS/c1-4-12(14-3)9(2)16(15)11-7-5-10(13)6-8-11/h5-9,12,14H,4H2,1-3H3. The first kappa shape index (κ1) is 13.7. The highest BCUT2D eigenvalue weighted by Gasteiger charge is 2.20. The van der Waals surface area contributed by atoms with Crippen LogP contribution in [0.1, 0.15) is 20.3 Å². The molecule has 1 rings (SSSR count). The molecule has 0 amide bonds. The van der Waals surface area contributed by atoms with Gasteiger partial charge in [-0.2, -0.15) is 0 Å². The molecule has 0 saturated carbocycles. The van der Waals surface area contributed by atoms with E-state index >= 15 is 0 Å². The smallest absolute Gasteiger partial charge is 0.0573 e. The molecule has 3 unspecified atom stereocenters. The lowest BCUT2D eigenvalue weighted by molar-refractivity contribution is 0.529. The van der Waals surface area contributed by atoms with Crippen LogP contribution in [0.2, 0.25) is 5.02 Å². The molecular weight excluding hydrogens is 242 g/mol. The molecule has 0 heterocycles. The van der Waals surface area contributed by atoms with E-state index in [1.165, 1.54) is 0 Å². The molecule has 0 bridgehead atoms. The number of hydrogen-bond acceptors (Lipinski definition) is 2. The van der Waals surface area contributed by atoms with Crippen LogP contribution in [-0.4, -0.2) is 22.5 Å². The third-order valence-corrected chi connectivity index (χ3v) is 4.75. The van der Waals surface area contributed by atoms with Crippen molar-refractivity contribution in [3.05, 3.63) is 29.3 Å². The van der Waals surface area contributed by atoms with Crippen LogP contribution in [0.25, 0.3) is 0 Å². The van der Waals surface area contributed by atoms with Crippen LogP contribution in [-0.2, 0) is 10.8 Å². The maximum Gasteiger partial charge on any atom is 0.0573 e. The first-order valence-electron chi connectivity index (χ1n) is 5.43. The minimum atomic E-state index is -0.987. The molecule has 0 spiro atoms. The highest BCUT2D eigenvalue weighted by molar-refractivity contribution is 7.85. The van der Waals surface area contributed by atoms with Crippen molar-refractivity contribution in [3.63, 3.8) is 0 Å². The molecule has 90 valence electrons. The van der Waals surface area contributed by atoms with E-state index in [0.717, 1.165) is 11.3 Å². The summed E-state index contributed by atoms with van der Waals surface area (Å²) >= 11 is 5.80. The predicted molar refractivity (Wildman–Crippen MR) is 70.5 cm³/mol. The Bertz CT molecular complexity index is 349. The molecule has 0 saturated heterocycles. The summed E-state index contributed by atoms with van der Waals surface area (Å²) in [6.45, 7) is 4.10. The first-order chi connectivity index (χ1) is 7.60. The van der Waals surface area contributed by atoms with E-state index in [4.69, 9.17) is 11.6 Å². The van der Waals surface area contributed by atoms with Crippen molar-refractivity contribution in [2.45, 2.75) is 36.5 Å². The summed E-state index contributed by atoms with van der Waals surface area (Å²) in [4.78, 5) is 0.839. The fraction of sp³-hybridized carbons (Fsp3) is 0.500. The molecule has 3 atom stereocenters. The monoisotopic (exact) mass is 259 g/mol. The van der Waals surface area contributed by atoms with Gasteiger partial charge in [-0.15, -0.1) is 0 Å². The quantitative estimate of drug-likeness (QED) is 0.881. The van der Waals surface area contributed by atoms with E-state index < -0.39 is 10.8 Å². The van der Waals surface area contributed by atoms with Crippen LogP contribution in [0, 0.1) is 0 Å². The van der Waals surface area contributed by atoms with Gasteiger partial charge < -0.3 is 5.32 Å². The van der Waals surface area contributed by atoms with E-state index in [1.54, 1.807) is 12.1 Å². The number of nitrogens with one attached hydrogen (secondary N) is 1. The topological polar surface area (TPSA) is 29.1 Å². The molecular formula is C12H18ClNOS. The van der Waals surface area contributed by atoms with Gasteiger partial charge >= 0.3 is 0 Å². The second-order valence-electron chi connectivity index (χ2n) is 3.76. The summed E-state index contributed by atoms with van der Waals surface area (Å²) < 4.78 is 12.2. The molecule has 4 heteroatoms. The van der Waals surface area contributed by atoms with Crippen molar-refractivity contribution in [2.24, 2.45) is 0 Å². The van der Waals surface area contributed by atoms with Crippen LogP contribution in [0.5, 0.6) is 0 Å². The summed E-state index contributed by atoms with van der Waals surface area (Å²) in [5.74, 6) is 0. The summed E-state index contributed by atoms with van der Waals surface area (Å²) in [6.07, 6.45) is 0.969. The third kappa shape index (κ3) is 3.30. The maximum absolute atomic E-state index is 12.2. The number of halogens is 1. The van der Waals surface area contributed by atoms with Gasteiger partial charge in [0.1, 0.15) is 0 Å². The zero-order chi connectivity index (χ0) is 12.1. The normalized spacial score (nSPS) is 16.8. The van der Waals surface area contributed by atoms with Gasteiger partial charge in [0.25, 0.3) is 0 Å². The fourth-order valence-electron chi connectivity index (χ4n) is 1.70. The van der Waals surface area contributed by atoms with Crippen molar-refractivity contribution < 1.29 is 4.21 Å². The Balaban J connectivity index is 2.81. The van der Waals surface area contributed by atoms with Gasteiger partial charge in [0.15, 0.2) is 0 Å². The van der Waals surface area contributed by atoms with Crippen LogP contribution >= 0.6 is 11.6 Å². The lowest BCUT2D eigenvalue weighted by Gasteiger charge is -2.21. The molecule has 0 aromatic heterocycles. The molecule has 0 fully saturated rings. The number of rotatable bonds is 5. The van der Waals surface area contributed by atoms with Gasteiger partial charge in [-0.1, -0.05) is 18.5 Å². The van der Waals surface area contributed by atoms with E-state index in [1.807, 2.05) is 26.1 Å². The fourth-order valence-corrected chi connectivity index (χ4v) is 3.29. The number of benzene rings is 1. The van der Waals surface area contributed by atoms with Gasteiger partial charge in [0.05, 0.1) is 16.0 Å². The van der Waals surface area contributed by atoms with Gasteiger partial charge in [-0.25, -0.2) is 0 Å². The lowest BCUT2D eigenvalue weighted by atomic mass is 10.2. The summed E-state index contributed by atoms with van der Waals surface area (Å²) in [5, 5.41) is 3.96. The predicted octanol–water partition coefficient (Wildman–Crippen LogP) is 2.83. The molecule has 2 nitrogen and oxygen atoms in total. The van der Waals surface area contributed by atoms with Crippen LogP contribution in [0.3, 0.4) is 0 Å². The highest BCUT2D eigenvalue weighted by atomic mass is 35.5.